The number of nitrogens with zero attached hydrogens (tertiary/aromatic N) is 3. The Balaban J connectivity index is 1.35. The van der Waals surface area contributed by atoms with Crippen molar-refractivity contribution in [1.29, 1.82) is 0 Å². The molecule has 32 heavy (non-hydrogen) atoms. The van der Waals surface area contributed by atoms with Crippen LogP contribution in [-0.2, 0) is 14.3 Å². The van der Waals surface area contributed by atoms with Gasteiger partial charge >= 0.3 is 6.09 Å². The molecule has 1 aliphatic carbocycles. The van der Waals surface area contributed by atoms with Crippen LogP contribution in [0.1, 0.15) is 19.3 Å². The van der Waals surface area contributed by atoms with Crippen LogP contribution >= 0.6 is 0 Å². The molecule has 3 amide bonds. The van der Waals surface area contributed by atoms with Crippen LogP contribution in [0, 0.1) is 11.8 Å². The summed E-state index contributed by atoms with van der Waals surface area (Å²) in [5.74, 6) is -1.94. The van der Waals surface area contributed by atoms with E-state index in [9.17, 15) is 19.6 Å². The van der Waals surface area contributed by atoms with Gasteiger partial charge in [0, 0.05) is 45.0 Å². The number of piperazine rings is 1. The van der Waals surface area contributed by atoms with E-state index in [0.717, 1.165) is 18.8 Å². The van der Waals surface area contributed by atoms with Crippen molar-refractivity contribution in [2.75, 3.05) is 44.2 Å². The van der Waals surface area contributed by atoms with Crippen molar-refractivity contribution in [1.82, 2.24) is 15.3 Å². The van der Waals surface area contributed by atoms with Gasteiger partial charge in [-0.1, -0.05) is 30.4 Å². The summed E-state index contributed by atoms with van der Waals surface area (Å²) >= 11 is 0. The summed E-state index contributed by atoms with van der Waals surface area (Å²) in [5.41, 5.74) is 2.83. The number of benzene rings is 1. The normalized spacial score (nSPS) is 25.5. The monoisotopic (exact) mass is 442 g/mol. The SMILES string of the molecule is O=C(NO)[C@H]1C[C@H](OC(=O)N2CC=CC2)CC[C@@H]1C(=O)N1CCN(c2ccccc2)CC1. The van der Waals surface area contributed by atoms with E-state index < -0.39 is 29.9 Å². The molecule has 9 heteroatoms. The highest BCUT2D eigenvalue weighted by atomic mass is 16.6. The molecule has 3 aliphatic rings. The van der Waals surface area contributed by atoms with Crippen molar-refractivity contribution in [2.24, 2.45) is 11.8 Å². The molecule has 172 valence electrons. The van der Waals surface area contributed by atoms with E-state index in [1.807, 2.05) is 35.3 Å². The largest absolute Gasteiger partial charge is 0.446 e. The Morgan fingerprint density at radius 2 is 1.59 bits per heavy atom. The molecular formula is C23H30N4O5. The third-order valence-corrected chi connectivity index (χ3v) is 6.62. The maximum Gasteiger partial charge on any atom is 0.410 e. The number of rotatable bonds is 4. The molecule has 0 aromatic heterocycles. The Morgan fingerprint density at radius 3 is 2.25 bits per heavy atom. The molecule has 2 aliphatic heterocycles. The van der Waals surface area contributed by atoms with Crippen molar-refractivity contribution in [3.8, 4) is 0 Å². The molecule has 2 heterocycles. The van der Waals surface area contributed by atoms with Crippen molar-refractivity contribution in [3.05, 3.63) is 42.5 Å². The highest BCUT2D eigenvalue weighted by molar-refractivity contribution is 5.87. The van der Waals surface area contributed by atoms with Crippen LogP contribution in [0.25, 0.3) is 0 Å². The van der Waals surface area contributed by atoms with Crippen molar-refractivity contribution < 1.29 is 24.3 Å². The molecule has 2 N–H and O–H groups in total. The maximum absolute atomic E-state index is 13.3. The van der Waals surface area contributed by atoms with Crippen molar-refractivity contribution in [3.63, 3.8) is 0 Å². The van der Waals surface area contributed by atoms with Crippen LogP contribution in [0.3, 0.4) is 0 Å². The van der Waals surface area contributed by atoms with Crippen LogP contribution < -0.4 is 10.4 Å². The number of anilines is 1. The van der Waals surface area contributed by atoms with E-state index in [0.29, 0.717) is 39.0 Å². The Kier molecular flexibility index (Phi) is 6.94. The first-order chi connectivity index (χ1) is 15.6. The molecule has 1 aromatic carbocycles. The molecular weight excluding hydrogens is 412 g/mol. The molecule has 0 unspecified atom stereocenters. The lowest BCUT2D eigenvalue weighted by Crippen LogP contribution is -2.53. The second kappa shape index (κ2) is 10.0. The van der Waals surface area contributed by atoms with Gasteiger partial charge in [0.25, 0.3) is 0 Å². The molecule has 0 spiro atoms. The molecule has 1 saturated carbocycles. The fourth-order valence-electron chi connectivity index (χ4n) is 4.81. The van der Waals surface area contributed by atoms with Crippen LogP contribution in [-0.4, -0.2) is 78.3 Å². The van der Waals surface area contributed by atoms with Gasteiger partial charge in [0.1, 0.15) is 6.10 Å². The van der Waals surface area contributed by atoms with Gasteiger partial charge in [-0.25, -0.2) is 10.3 Å². The Labute approximate surface area is 187 Å². The smallest absolute Gasteiger partial charge is 0.410 e. The van der Waals surface area contributed by atoms with E-state index >= 15 is 0 Å². The van der Waals surface area contributed by atoms with E-state index in [2.05, 4.69) is 17.0 Å². The van der Waals surface area contributed by atoms with Gasteiger partial charge in [-0.05, 0) is 31.4 Å². The number of carbonyl (C=O) groups is 3. The van der Waals surface area contributed by atoms with E-state index in [1.165, 1.54) is 0 Å². The summed E-state index contributed by atoms with van der Waals surface area (Å²) in [6, 6.07) is 10.1. The molecule has 0 radical (unpaired) electrons. The summed E-state index contributed by atoms with van der Waals surface area (Å²) in [6.45, 7) is 3.65. The Hall–Kier alpha value is -3.07. The topological polar surface area (TPSA) is 102 Å². The second-order valence-electron chi connectivity index (χ2n) is 8.53. The lowest BCUT2D eigenvalue weighted by Gasteiger charge is -2.40. The van der Waals surface area contributed by atoms with Gasteiger partial charge in [-0.15, -0.1) is 0 Å². The van der Waals surface area contributed by atoms with Crippen molar-refractivity contribution in [2.45, 2.75) is 25.4 Å². The van der Waals surface area contributed by atoms with E-state index in [-0.39, 0.29) is 12.3 Å². The number of amides is 3. The van der Waals surface area contributed by atoms with Gasteiger partial charge in [-0.2, -0.15) is 0 Å². The van der Waals surface area contributed by atoms with E-state index in [1.54, 1.807) is 10.4 Å². The zero-order valence-corrected chi connectivity index (χ0v) is 18.1. The third-order valence-electron chi connectivity index (χ3n) is 6.62. The Morgan fingerprint density at radius 1 is 0.906 bits per heavy atom. The predicted octanol–water partition coefficient (Wildman–Crippen LogP) is 1.63. The van der Waals surface area contributed by atoms with Gasteiger partial charge in [0.05, 0.1) is 11.8 Å². The van der Waals surface area contributed by atoms with Gasteiger partial charge < -0.3 is 19.4 Å². The lowest BCUT2D eigenvalue weighted by molar-refractivity contribution is -0.149. The minimum Gasteiger partial charge on any atom is -0.446 e. The van der Waals surface area contributed by atoms with Crippen LogP contribution in [0.15, 0.2) is 42.5 Å². The first-order valence-electron chi connectivity index (χ1n) is 11.2. The number of hydrogen-bond acceptors (Lipinski definition) is 6. The summed E-state index contributed by atoms with van der Waals surface area (Å²) < 4.78 is 5.59. The number of ether oxygens (including phenoxy) is 1. The Bertz CT molecular complexity index is 845. The fraction of sp³-hybridized carbons (Fsp3) is 0.522. The van der Waals surface area contributed by atoms with Crippen LogP contribution in [0.5, 0.6) is 0 Å². The summed E-state index contributed by atoms with van der Waals surface area (Å²) in [5, 5.41) is 9.24. The zero-order valence-electron chi connectivity index (χ0n) is 18.1. The average molecular weight is 443 g/mol. The number of hydrogen-bond donors (Lipinski definition) is 2. The number of nitrogens with one attached hydrogen (secondary N) is 1. The number of hydroxylamine groups is 1. The quantitative estimate of drug-likeness (QED) is 0.418. The van der Waals surface area contributed by atoms with Gasteiger partial charge in [-0.3, -0.25) is 14.8 Å². The third kappa shape index (κ3) is 4.88. The molecule has 0 bridgehead atoms. The fourth-order valence-corrected chi connectivity index (χ4v) is 4.81. The highest BCUT2D eigenvalue weighted by Crippen LogP contribution is 2.34. The molecule has 1 saturated heterocycles. The average Bonchev–Trinajstić information content (AvgIpc) is 3.39. The van der Waals surface area contributed by atoms with Crippen molar-refractivity contribution >= 4 is 23.6 Å². The molecule has 2 fully saturated rings. The minimum absolute atomic E-state index is 0.0696. The van der Waals surface area contributed by atoms with Crippen LogP contribution in [0.2, 0.25) is 0 Å². The number of carbonyl (C=O) groups excluding carboxylic acids is 3. The highest BCUT2D eigenvalue weighted by Gasteiger charge is 2.42. The zero-order chi connectivity index (χ0) is 22.5. The molecule has 1 aromatic rings. The first-order valence-corrected chi connectivity index (χ1v) is 11.2. The standard InChI is InChI=1S/C23H30N4O5/c28-21(24-31)20-16-18(32-23(30)27-10-4-5-11-27)8-9-19(20)22(29)26-14-12-25(13-15-26)17-6-2-1-3-7-17/h1-7,18-20,31H,8-16H2,(H,24,28)/t18-,19+,20+/m1/s1. The maximum atomic E-state index is 13.3. The van der Waals surface area contributed by atoms with Gasteiger partial charge in [0.2, 0.25) is 11.8 Å². The molecule has 4 rings (SSSR count). The predicted molar refractivity (Wildman–Crippen MR) is 117 cm³/mol. The second-order valence-corrected chi connectivity index (χ2v) is 8.53. The molecule has 9 nitrogen and oxygen atoms in total. The molecule has 3 atom stereocenters. The minimum atomic E-state index is -0.733. The first kappa shape index (κ1) is 22.1. The van der Waals surface area contributed by atoms with Crippen LogP contribution in [0.4, 0.5) is 10.5 Å². The summed E-state index contributed by atoms with van der Waals surface area (Å²) in [4.78, 5) is 43.6. The lowest BCUT2D eigenvalue weighted by atomic mass is 9.76. The van der Waals surface area contributed by atoms with E-state index in [4.69, 9.17) is 4.74 Å². The summed E-state index contributed by atoms with van der Waals surface area (Å²) in [7, 11) is 0. The number of para-hydroxylation sites is 1. The summed E-state index contributed by atoms with van der Waals surface area (Å²) in [6.07, 6.45) is 4.11. The van der Waals surface area contributed by atoms with Gasteiger partial charge in [0.15, 0.2) is 0 Å².